The van der Waals surface area contributed by atoms with Crippen molar-refractivity contribution in [2.75, 3.05) is 0 Å². The summed E-state index contributed by atoms with van der Waals surface area (Å²) in [5, 5.41) is 0. The standard InChI is InChI=1S/C11H14BrF/c1-8-7-11(13)6-5-10(8)4-3-9(2)12/h5-7,9H,3-4H2,1-2H3. The maximum atomic E-state index is 12.7. The van der Waals surface area contributed by atoms with E-state index in [-0.39, 0.29) is 5.82 Å². The molecule has 0 aliphatic heterocycles. The highest BCUT2D eigenvalue weighted by molar-refractivity contribution is 9.09. The lowest BCUT2D eigenvalue weighted by atomic mass is 10.0. The van der Waals surface area contributed by atoms with Crippen molar-refractivity contribution in [1.29, 1.82) is 0 Å². The Labute approximate surface area is 87.3 Å². The van der Waals surface area contributed by atoms with Gasteiger partial charge in [-0.15, -0.1) is 0 Å². The van der Waals surface area contributed by atoms with E-state index in [1.54, 1.807) is 6.07 Å². The molecule has 0 saturated heterocycles. The lowest BCUT2D eigenvalue weighted by Crippen LogP contribution is -1.96. The fourth-order valence-corrected chi connectivity index (χ4v) is 1.52. The van der Waals surface area contributed by atoms with Crippen LogP contribution in [0.1, 0.15) is 24.5 Å². The summed E-state index contributed by atoms with van der Waals surface area (Å²) in [5.74, 6) is -0.145. The normalized spacial score (nSPS) is 12.9. The number of aryl methyl sites for hydroxylation is 2. The molecule has 13 heavy (non-hydrogen) atoms. The van der Waals surface area contributed by atoms with E-state index in [2.05, 4.69) is 22.9 Å². The molecular formula is C11H14BrF. The van der Waals surface area contributed by atoms with E-state index < -0.39 is 0 Å². The van der Waals surface area contributed by atoms with E-state index in [1.165, 1.54) is 11.6 Å². The van der Waals surface area contributed by atoms with Crippen molar-refractivity contribution >= 4 is 15.9 Å². The third-order valence-corrected chi connectivity index (χ3v) is 2.57. The predicted octanol–water partition coefficient (Wildman–Crippen LogP) is 3.85. The highest BCUT2D eigenvalue weighted by Gasteiger charge is 2.02. The van der Waals surface area contributed by atoms with E-state index in [0.717, 1.165) is 18.4 Å². The van der Waals surface area contributed by atoms with E-state index in [9.17, 15) is 4.39 Å². The fourth-order valence-electron chi connectivity index (χ4n) is 1.29. The number of benzene rings is 1. The third-order valence-electron chi connectivity index (χ3n) is 2.12. The second-order valence-corrected chi connectivity index (χ2v) is 4.95. The van der Waals surface area contributed by atoms with Crippen LogP contribution < -0.4 is 0 Å². The maximum absolute atomic E-state index is 12.7. The summed E-state index contributed by atoms with van der Waals surface area (Å²) in [5.41, 5.74) is 2.29. The molecule has 1 unspecified atom stereocenters. The Balaban J connectivity index is 2.67. The van der Waals surface area contributed by atoms with Crippen LogP contribution >= 0.6 is 15.9 Å². The average molecular weight is 245 g/mol. The molecule has 1 aromatic carbocycles. The average Bonchev–Trinajstić information content (AvgIpc) is 2.02. The van der Waals surface area contributed by atoms with Gasteiger partial charge in [0.2, 0.25) is 0 Å². The smallest absolute Gasteiger partial charge is 0.123 e. The molecule has 0 N–H and O–H groups in total. The van der Waals surface area contributed by atoms with Crippen molar-refractivity contribution in [1.82, 2.24) is 0 Å². The quantitative estimate of drug-likeness (QED) is 0.709. The minimum absolute atomic E-state index is 0.145. The summed E-state index contributed by atoms with van der Waals surface area (Å²) in [7, 11) is 0. The Morgan fingerprint density at radius 1 is 1.46 bits per heavy atom. The lowest BCUT2D eigenvalue weighted by Gasteiger charge is -2.06. The van der Waals surface area contributed by atoms with Crippen LogP contribution in [-0.4, -0.2) is 4.83 Å². The molecule has 2 heteroatoms. The van der Waals surface area contributed by atoms with Crippen LogP contribution in [0.5, 0.6) is 0 Å². The summed E-state index contributed by atoms with van der Waals surface area (Å²) in [6, 6.07) is 5.00. The van der Waals surface area contributed by atoms with E-state index in [0.29, 0.717) is 4.83 Å². The highest BCUT2D eigenvalue weighted by Crippen LogP contribution is 2.15. The molecule has 1 rings (SSSR count). The molecule has 0 nitrogen and oxygen atoms in total. The summed E-state index contributed by atoms with van der Waals surface area (Å²) in [6.07, 6.45) is 2.10. The third kappa shape index (κ3) is 3.47. The summed E-state index contributed by atoms with van der Waals surface area (Å²) >= 11 is 3.50. The van der Waals surface area contributed by atoms with Gasteiger partial charge in [0.15, 0.2) is 0 Å². The molecule has 0 heterocycles. The van der Waals surface area contributed by atoms with Crippen LogP contribution in [0.15, 0.2) is 18.2 Å². The molecular weight excluding hydrogens is 231 g/mol. The molecule has 1 atom stereocenters. The van der Waals surface area contributed by atoms with Gasteiger partial charge >= 0.3 is 0 Å². The van der Waals surface area contributed by atoms with Crippen molar-refractivity contribution in [3.63, 3.8) is 0 Å². The molecule has 0 aliphatic carbocycles. The number of hydrogen-bond acceptors (Lipinski definition) is 0. The van der Waals surface area contributed by atoms with Gasteiger partial charge in [-0.2, -0.15) is 0 Å². The number of hydrogen-bond donors (Lipinski definition) is 0. The zero-order valence-corrected chi connectivity index (χ0v) is 9.57. The largest absolute Gasteiger partial charge is 0.207 e. The van der Waals surface area contributed by atoms with Crippen molar-refractivity contribution in [2.24, 2.45) is 0 Å². The van der Waals surface area contributed by atoms with Crippen LogP contribution in [0.2, 0.25) is 0 Å². The first-order chi connectivity index (χ1) is 6.09. The van der Waals surface area contributed by atoms with Gasteiger partial charge in [-0.1, -0.05) is 28.9 Å². The minimum atomic E-state index is -0.145. The van der Waals surface area contributed by atoms with Crippen LogP contribution in [0, 0.1) is 12.7 Å². The van der Waals surface area contributed by atoms with Gasteiger partial charge in [0.25, 0.3) is 0 Å². The monoisotopic (exact) mass is 244 g/mol. The summed E-state index contributed by atoms with van der Waals surface area (Å²) in [4.78, 5) is 0.525. The molecule has 0 saturated carbocycles. The minimum Gasteiger partial charge on any atom is -0.207 e. The first-order valence-electron chi connectivity index (χ1n) is 4.48. The second kappa shape index (κ2) is 4.75. The van der Waals surface area contributed by atoms with Crippen molar-refractivity contribution in [2.45, 2.75) is 31.5 Å². The molecule has 0 fully saturated rings. The van der Waals surface area contributed by atoms with Gasteiger partial charge < -0.3 is 0 Å². The van der Waals surface area contributed by atoms with E-state index in [4.69, 9.17) is 0 Å². The topological polar surface area (TPSA) is 0 Å². The van der Waals surface area contributed by atoms with Crippen LogP contribution in [0.3, 0.4) is 0 Å². The SMILES string of the molecule is Cc1cc(F)ccc1CCC(C)Br. The van der Waals surface area contributed by atoms with Gasteiger partial charge in [0.05, 0.1) is 0 Å². The molecule has 0 aromatic heterocycles. The maximum Gasteiger partial charge on any atom is 0.123 e. The first-order valence-corrected chi connectivity index (χ1v) is 5.40. The van der Waals surface area contributed by atoms with Gasteiger partial charge in [0.1, 0.15) is 5.82 Å². The van der Waals surface area contributed by atoms with Crippen LogP contribution in [-0.2, 0) is 6.42 Å². The molecule has 0 spiro atoms. The molecule has 1 aromatic rings. The highest BCUT2D eigenvalue weighted by atomic mass is 79.9. The van der Waals surface area contributed by atoms with E-state index in [1.807, 2.05) is 13.0 Å². The lowest BCUT2D eigenvalue weighted by molar-refractivity contribution is 0.625. The molecule has 0 amide bonds. The van der Waals surface area contributed by atoms with Crippen molar-refractivity contribution in [3.05, 3.63) is 35.1 Å². The van der Waals surface area contributed by atoms with Gasteiger partial charge in [-0.25, -0.2) is 4.39 Å². The van der Waals surface area contributed by atoms with Crippen molar-refractivity contribution < 1.29 is 4.39 Å². The summed E-state index contributed by atoms with van der Waals surface area (Å²) < 4.78 is 12.7. The molecule has 0 radical (unpaired) electrons. The fraction of sp³-hybridized carbons (Fsp3) is 0.455. The second-order valence-electron chi connectivity index (χ2n) is 3.39. The van der Waals surface area contributed by atoms with Crippen molar-refractivity contribution in [3.8, 4) is 0 Å². The van der Waals surface area contributed by atoms with E-state index >= 15 is 0 Å². The Kier molecular flexibility index (Phi) is 3.91. The number of halogens is 2. The zero-order chi connectivity index (χ0) is 9.84. The van der Waals surface area contributed by atoms with Gasteiger partial charge in [-0.3, -0.25) is 0 Å². The van der Waals surface area contributed by atoms with Gasteiger partial charge in [0, 0.05) is 4.83 Å². The summed E-state index contributed by atoms with van der Waals surface area (Å²) in [6.45, 7) is 4.08. The Hall–Kier alpha value is -0.370. The molecule has 72 valence electrons. The molecule has 0 bridgehead atoms. The Morgan fingerprint density at radius 2 is 2.15 bits per heavy atom. The first kappa shape index (κ1) is 10.7. The Morgan fingerprint density at radius 3 is 2.69 bits per heavy atom. The number of rotatable bonds is 3. The zero-order valence-electron chi connectivity index (χ0n) is 7.98. The van der Waals surface area contributed by atoms with Crippen LogP contribution in [0.25, 0.3) is 0 Å². The predicted molar refractivity (Wildman–Crippen MR) is 57.8 cm³/mol. The van der Waals surface area contributed by atoms with Crippen LogP contribution in [0.4, 0.5) is 4.39 Å². The van der Waals surface area contributed by atoms with Gasteiger partial charge in [-0.05, 0) is 43.0 Å². The molecule has 0 aliphatic rings. The number of alkyl halides is 1. The Bertz CT molecular complexity index is 281.